The molecular formula is C84H95Cl4F24N13O19S3. The number of nitrogens with zero attached hydrogens (tertiary/aromatic N) is 7. The lowest BCUT2D eigenvalue weighted by atomic mass is 10.0. The van der Waals surface area contributed by atoms with Crippen LogP contribution in [0, 0.1) is 0 Å². The van der Waals surface area contributed by atoms with Gasteiger partial charge in [0.15, 0.2) is 17.4 Å². The summed E-state index contributed by atoms with van der Waals surface area (Å²) >= 11 is 19.0. The molecule has 32 nitrogen and oxygen atoms in total. The van der Waals surface area contributed by atoms with E-state index in [0.717, 1.165) is 148 Å². The molecule has 0 atom stereocenters. The van der Waals surface area contributed by atoms with Crippen molar-refractivity contribution >= 4 is 153 Å². The van der Waals surface area contributed by atoms with E-state index < -0.39 is 145 Å². The molecule has 0 bridgehead atoms. The van der Waals surface area contributed by atoms with Gasteiger partial charge < -0.3 is 74.1 Å². The molecule has 2 spiro atoms. The Morgan fingerprint density at radius 3 is 0.986 bits per heavy atom. The van der Waals surface area contributed by atoms with Crippen molar-refractivity contribution in [3.8, 4) is 0 Å². The van der Waals surface area contributed by atoms with Crippen LogP contribution in [0.25, 0.3) is 0 Å². The molecule has 8 amide bonds. The van der Waals surface area contributed by atoms with Gasteiger partial charge in [-0.15, -0.1) is 26.9 Å². The van der Waals surface area contributed by atoms with Gasteiger partial charge in [0, 0.05) is 165 Å². The number of Topliss-reactive ketones (excluding diaryl/α,β-unsaturated/α-hetero) is 2. The van der Waals surface area contributed by atoms with Crippen LogP contribution in [0.3, 0.4) is 0 Å². The van der Waals surface area contributed by atoms with E-state index in [1.165, 1.54) is 65.1 Å². The fraction of sp³-hybridized carbons (Fsp3) is 0.476. The van der Waals surface area contributed by atoms with Crippen LogP contribution in [-0.4, -0.2) is 230 Å². The Morgan fingerprint density at radius 2 is 0.728 bits per heavy atom. The largest absolute Gasteiger partial charge is 0.534 e. The number of ketones is 2. The summed E-state index contributed by atoms with van der Waals surface area (Å²) in [7, 11) is -19.6. The number of hydrogen-bond donors (Lipinski definition) is 6. The third-order valence-corrected chi connectivity index (χ3v) is 24.8. The van der Waals surface area contributed by atoms with Crippen LogP contribution in [0.5, 0.6) is 0 Å². The van der Waals surface area contributed by atoms with Crippen LogP contribution in [0.15, 0.2) is 156 Å². The summed E-state index contributed by atoms with van der Waals surface area (Å²) in [5.41, 5.74) is -21.0. The standard InChI is InChI=1S/C15H17F3N2O3.C14H12F6N2O4S.2C13H13F3N2O2.C8H4F3NO.C7H3ClF6N2O4S2.C7H13NO2.C4H8O.CH2Cl2.2CH4.ClH2N/c16-15(17,18)11-1-3-12(4-2-11)19-13(21)20-7-5-14(6-8-20)22-9-10-23-14;15-13(16,17)9-1-3-10(4-2-9)21-12(23)22-7-5-11(6-8-22)26-27(24,25)14(18,19)20;2*14-13(15,16)9-1-3-10(4-2-9)17-12(20)18-7-5-11(19)6-8-18;9-8(10,11)6-1-3-7(4-2-6)12-5-13;8-4-1-2-5(15-3-4)16(21(17,18)6(9,10)11)22(19,20)7(12,13)14;1-3-8-4-2-7(1)9-5-6-10-7;1-2-4-5-3-1;2-1-3;;;1-2/h1-4H,5-10H2,(H,19,21);1-5H,6-8H2,(H,21,23);2*1-4H,5-8H2,(H,17,20);1-4H;1-3H;8H,1-6H2;1-4H2;1H2;2*1H4;2H2. The normalized spacial score (nSPS) is 16.7. The molecule has 9 heterocycles. The highest BCUT2D eigenvalue weighted by molar-refractivity contribution is 8.11. The number of carbonyl (C=O) groups excluding carboxylic acids is 7. The molecule has 0 unspecified atom stereocenters. The number of pyridine rings is 1. The Balaban J connectivity index is 0.000000438. The van der Waals surface area contributed by atoms with Crippen molar-refractivity contribution < 1.29 is 192 Å². The minimum Gasteiger partial charge on any atom is -0.381 e. The second kappa shape index (κ2) is 58.0. The second-order valence-electron chi connectivity index (χ2n) is 30.0. The van der Waals surface area contributed by atoms with Gasteiger partial charge in [-0.1, -0.05) is 26.5 Å². The maximum Gasteiger partial charge on any atom is 0.534 e. The quantitative estimate of drug-likeness (QED) is 0.0141. The van der Waals surface area contributed by atoms with Crippen molar-refractivity contribution in [1.29, 1.82) is 0 Å². The topological polar surface area (TPSA) is 405 Å². The number of nitrogens with one attached hydrogen (secondary N) is 5. The van der Waals surface area contributed by atoms with E-state index in [-0.39, 0.29) is 85.6 Å². The summed E-state index contributed by atoms with van der Waals surface area (Å²) in [6, 6.07) is 19.5. The SMILES string of the molecule is C.C.C1CC2(CCN1)OCCO2.C1CCOC1.ClCCl.NCl.O=C(Nc1ccc(C(F)(F)F)cc1)N1CC=C(OS(=O)(=O)C(F)(F)F)CC1.O=C(Nc1ccc(C(F)(F)F)cc1)N1CCC2(CC1)OCCO2.O=C1CCN(C(=O)Nc2ccc(C(F)(F)F)cc2)CC1.O=C1CCN(C(=O)Nc2ccc(C(F)(F)F)cc2)CC1.O=C=Nc1ccc(C(F)(F)F)cc1.O=S(=O)(N(c1ccc(Cl)cn1)S(=O)(=O)C(F)(F)F)C(F)(F)F. The first-order chi connectivity index (χ1) is 67.4. The molecule has 7 fully saturated rings. The number of urea groups is 4. The average molecular weight is 2280 g/mol. The lowest BCUT2D eigenvalue weighted by Crippen LogP contribution is -2.49. The molecule has 7 N–H and O–H groups in total. The number of anilines is 5. The number of amides is 8. The van der Waals surface area contributed by atoms with Crippen LogP contribution >= 0.6 is 46.6 Å². The highest BCUT2D eigenvalue weighted by Gasteiger charge is 2.62. The van der Waals surface area contributed by atoms with Crippen molar-refractivity contribution in [2.24, 2.45) is 10.2 Å². The van der Waals surface area contributed by atoms with Crippen LogP contribution in [0.1, 0.15) is 113 Å². The average Bonchev–Trinajstić information content (AvgIpc) is 1.68. The fourth-order valence-electron chi connectivity index (χ4n) is 12.6. The smallest absolute Gasteiger partial charge is 0.381 e. The lowest BCUT2D eigenvalue weighted by molar-refractivity contribution is -0.181. The molecule has 7 saturated heterocycles. The molecule has 824 valence electrons. The highest BCUT2D eigenvalue weighted by Crippen LogP contribution is 2.41. The van der Waals surface area contributed by atoms with Crippen LogP contribution in [0.4, 0.5) is 159 Å². The van der Waals surface area contributed by atoms with Gasteiger partial charge in [0.05, 0.1) is 70.3 Å². The molecule has 6 aromatic rings. The number of ether oxygens (including phenoxy) is 5. The fourth-order valence-corrected chi connectivity index (χ4v) is 15.8. The third kappa shape index (κ3) is 42.8. The number of hydrogen-bond acceptors (Lipinski definition) is 23. The first-order valence-corrected chi connectivity index (χ1v) is 47.7. The van der Waals surface area contributed by atoms with Crippen molar-refractivity contribution in [2.45, 2.75) is 144 Å². The number of likely N-dealkylation sites (tertiary alicyclic amines) is 3. The Hall–Kier alpha value is -10.6. The number of nitrogens with two attached hydrogens (primary N) is 1. The number of rotatable bonds is 10. The zero-order valence-corrected chi connectivity index (χ0v) is 79.9. The zero-order valence-electron chi connectivity index (χ0n) is 74.4. The summed E-state index contributed by atoms with van der Waals surface area (Å²) in [5.74, 6) is -2.62. The highest BCUT2D eigenvalue weighted by atomic mass is 35.5. The van der Waals surface area contributed by atoms with Crippen molar-refractivity contribution in [3.63, 3.8) is 0 Å². The summed E-state index contributed by atoms with van der Waals surface area (Å²) in [6.07, 6.45) is -12.6. The van der Waals surface area contributed by atoms with E-state index in [0.29, 0.717) is 120 Å². The molecular weight excluding hydrogens is 2190 g/mol. The molecule has 0 saturated carbocycles. The number of sulfonamides is 2. The number of carbonyl (C=O) groups is 6. The molecule has 0 radical (unpaired) electrons. The molecule has 147 heavy (non-hydrogen) atoms. The van der Waals surface area contributed by atoms with Gasteiger partial charge in [-0.2, -0.15) is 136 Å². The number of halogens is 28. The first-order valence-electron chi connectivity index (χ1n) is 41.5. The Morgan fingerprint density at radius 1 is 0.435 bits per heavy atom. The number of aliphatic imine (C=N–C) groups is 1. The second-order valence-corrected chi connectivity index (χ2v) is 36.5. The third-order valence-electron chi connectivity index (χ3n) is 19.9. The minimum absolute atomic E-state index is 0. The number of aromatic nitrogens is 1. The van der Waals surface area contributed by atoms with Gasteiger partial charge in [-0.25, -0.2) is 34.2 Å². The zero-order chi connectivity index (χ0) is 109. The maximum absolute atomic E-state index is 12.5. The summed E-state index contributed by atoms with van der Waals surface area (Å²) < 4.78 is 393. The van der Waals surface area contributed by atoms with E-state index in [1.54, 1.807) is 4.90 Å². The molecule has 5 aromatic carbocycles. The van der Waals surface area contributed by atoms with E-state index >= 15 is 0 Å². The van der Waals surface area contributed by atoms with E-state index in [1.807, 2.05) is 0 Å². The van der Waals surface area contributed by atoms with Crippen molar-refractivity contribution in [3.05, 3.63) is 184 Å². The summed E-state index contributed by atoms with van der Waals surface area (Å²) in [4.78, 5) is 91.4. The van der Waals surface area contributed by atoms with E-state index in [4.69, 9.17) is 58.5 Å². The van der Waals surface area contributed by atoms with Gasteiger partial charge in [0.1, 0.15) is 17.3 Å². The molecule has 0 aliphatic carbocycles. The molecule has 8 aliphatic heterocycles. The summed E-state index contributed by atoms with van der Waals surface area (Å²) in [5, 5.41) is 17.1. The van der Waals surface area contributed by atoms with Crippen molar-refractivity contribution in [1.82, 2.24) is 29.9 Å². The van der Waals surface area contributed by atoms with Crippen LogP contribution < -0.4 is 35.5 Å². The summed E-state index contributed by atoms with van der Waals surface area (Å²) in [6.45, 7) is 8.67. The van der Waals surface area contributed by atoms with Crippen LogP contribution in [-0.2, 0) is 103 Å². The Labute approximate surface area is 844 Å². The van der Waals surface area contributed by atoms with E-state index in [2.05, 4.69) is 57.8 Å². The first kappa shape index (κ1) is 131. The number of alkyl halides is 26. The van der Waals surface area contributed by atoms with Gasteiger partial charge in [0.25, 0.3) is 0 Å². The Kier molecular flexibility index (Phi) is 51.5. The predicted octanol–water partition coefficient (Wildman–Crippen LogP) is 21.2. The monoisotopic (exact) mass is 2280 g/mol. The van der Waals surface area contributed by atoms with Gasteiger partial charge in [-0.05, 0) is 164 Å². The van der Waals surface area contributed by atoms with Crippen molar-refractivity contribution in [2.75, 3.05) is 135 Å². The van der Waals surface area contributed by atoms with Crippen LogP contribution in [0.2, 0.25) is 5.02 Å². The number of benzene rings is 5. The molecule has 8 aliphatic rings. The Bertz CT molecular complexity index is 5420. The molecule has 1 aromatic heterocycles. The lowest BCUT2D eigenvalue weighted by Gasteiger charge is -2.37. The van der Waals surface area contributed by atoms with E-state index in [9.17, 15) is 164 Å². The van der Waals surface area contributed by atoms with Gasteiger partial charge in [-0.3, -0.25) is 9.59 Å². The molecule has 14 rings (SSSR count). The maximum atomic E-state index is 12.5. The molecule has 63 heteroatoms. The number of isocyanates is 1. The minimum atomic E-state index is -6.93. The van der Waals surface area contributed by atoms with Gasteiger partial charge in [0.2, 0.25) is 6.08 Å². The number of piperidine rings is 4. The predicted molar refractivity (Wildman–Crippen MR) is 487 cm³/mol. The van der Waals surface area contributed by atoms with Gasteiger partial charge >= 0.3 is 102 Å².